The number of aliphatic hydroxyl groups excluding tert-OH is 1. The first kappa shape index (κ1) is 10.6. The topological polar surface area (TPSA) is 20.2 Å². The highest BCUT2D eigenvalue weighted by molar-refractivity contribution is 5.27. The van der Waals surface area contributed by atoms with E-state index in [1.54, 1.807) is 5.57 Å². The van der Waals surface area contributed by atoms with Gasteiger partial charge in [-0.1, -0.05) is 30.7 Å². The second-order valence-electron chi connectivity index (χ2n) is 6.05. The molecule has 2 bridgehead atoms. The van der Waals surface area contributed by atoms with Crippen molar-refractivity contribution in [1.82, 2.24) is 0 Å². The summed E-state index contributed by atoms with van der Waals surface area (Å²) in [6, 6.07) is 0. The number of allylic oxidation sites excluding steroid dienone is 3. The molecule has 3 aliphatic carbocycles. The van der Waals surface area contributed by atoms with Gasteiger partial charge in [0.05, 0.1) is 6.10 Å². The molecule has 0 saturated heterocycles. The zero-order valence-corrected chi connectivity index (χ0v) is 10.3. The van der Waals surface area contributed by atoms with E-state index in [0.717, 1.165) is 23.7 Å². The van der Waals surface area contributed by atoms with Crippen LogP contribution in [0.5, 0.6) is 0 Å². The van der Waals surface area contributed by atoms with Crippen LogP contribution in [0.15, 0.2) is 23.8 Å². The van der Waals surface area contributed by atoms with Crippen molar-refractivity contribution < 1.29 is 5.11 Å². The Balaban J connectivity index is 1.79. The van der Waals surface area contributed by atoms with Crippen molar-refractivity contribution in [2.24, 2.45) is 29.6 Å². The summed E-state index contributed by atoms with van der Waals surface area (Å²) in [6.07, 6.45) is 11.0. The number of hydrogen-bond acceptors (Lipinski definition) is 1. The van der Waals surface area contributed by atoms with Gasteiger partial charge < -0.3 is 5.11 Å². The summed E-state index contributed by atoms with van der Waals surface area (Å²) in [6.45, 7) is 4.03. The average molecular weight is 218 g/mol. The molecule has 0 heterocycles. The van der Waals surface area contributed by atoms with Crippen molar-refractivity contribution in [1.29, 1.82) is 0 Å². The predicted molar refractivity (Wildman–Crippen MR) is 65.9 cm³/mol. The first-order chi connectivity index (χ1) is 7.66. The monoisotopic (exact) mass is 218 g/mol. The van der Waals surface area contributed by atoms with Gasteiger partial charge in [0.15, 0.2) is 0 Å². The Bertz CT molecular complexity index is 339. The Morgan fingerprint density at radius 3 is 3.00 bits per heavy atom. The lowest BCUT2D eigenvalue weighted by molar-refractivity contribution is 0.156. The molecule has 2 saturated carbocycles. The molecule has 3 rings (SSSR count). The van der Waals surface area contributed by atoms with Gasteiger partial charge in [0.25, 0.3) is 0 Å². The molecule has 0 aliphatic heterocycles. The third-order valence-corrected chi connectivity index (χ3v) is 5.10. The Kier molecular flexibility index (Phi) is 2.47. The van der Waals surface area contributed by atoms with Gasteiger partial charge >= 0.3 is 0 Å². The number of fused-ring (bicyclic) bond motifs is 5. The van der Waals surface area contributed by atoms with Crippen molar-refractivity contribution in [2.75, 3.05) is 0 Å². The van der Waals surface area contributed by atoms with Crippen LogP contribution in [0.2, 0.25) is 0 Å². The highest BCUT2D eigenvalue weighted by atomic mass is 16.3. The van der Waals surface area contributed by atoms with Gasteiger partial charge in [-0.05, 0) is 55.8 Å². The maximum Gasteiger partial charge on any atom is 0.0572 e. The Labute approximate surface area is 98.2 Å². The lowest BCUT2D eigenvalue weighted by Crippen LogP contribution is -2.20. The van der Waals surface area contributed by atoms with E-state index in [0.29, 0.717) is 5.92 Å². The van der Waals surface area contributed by atoms with Crippen LogP contribution in [0.4, 0.5) is 0 Å². The summed E-state index contributed by atoms with van der Waals surface area (Å²) in [7, 11) is 0. The second kappa shape index (κ2) is 3.73. The lowest BCUT2D eigenvalue weighted by Gasteiger charge is -2.27. The molecular formula is C15H22O. The van der Waals surface area contributed by atoms with E-state index >= 15 is 0 Å². The Hall–Kier alpha value is -0.560. The van der Waals surface area contributed by atoms with Gasteiger partial charge in [0, 0.05) is 0 Å². The minimum Gasteiger partial charge on any atom is -0.393 e. The lowest BCUT2D eigenvalue weighted by atomic mass is 9.78. The molecule has 2 unspecified atom stereocenters. The van der Waals surface area contributed by atoms with Gasteiger partial charge in [-0.15, -0.1) is 0 Å². The van der Waals surface area contributed by atoms with Crippen LogP contribution in [0.25, 0.3) is 0 Å². The zero-order valence-electron chi connectivity index (χ0n) is 10.3. The number of hydrogen-bond donors (Lipinski definition) is 1. The van der Waals surface area contributed by atoms with Crippen molar-refractivity contribution in [3.05, 3.63) is 23.8 Å². The van der Waals surface area contributed by atoms with Gasteiger partial charge in [0.1, 0.15) is 0 Å². The average Bonchev–Trinajstić information content (AvgIpc) is 2.87. The fourth-order valence-corrected chi connectivity index (χ4v) is 4.05. The van der Waals surface area contributed by atoms with Crippen LogP contribution in [0.3, 0.4) is 0 Å². The van der Waals surface area contributed by atoms with Crippen molar-refractivity contribution in [3.63, 3.8) is 0 Å². The molecule has 1 N–H and O–H groups in total. The molecule has 0 aromatic carbocycles. The quantitative estimate of drug-likeness (QED) is 0.706. The third-order valence-electron chi connectivity index (χ3n) is 5.10. The fourth-order valence-electron chi connectivity index (χ4n) is 4.05. The summed E-state index contributed by atoms with van der Waals surface area (Å²) < 4.78 is 0. The van der Waals surface area contributed by atoms with Crippen LogP contribution in [-0.4, -0.2) is 11.2 Å². The van der Waals surface area contributed by atoms with Crippen LogP contribution in [-0.2, 0) is 0 Å². The van der Waals surface area contributed by atoms with Crippen molar-refractivity contribution in [3.8, 4) is 0 Å². The van der Waals surface area contributed by atoms with Gasteiger partial charge in [0.2, 0.25) is 0 Å². The number of rotatable bonds is 2. The van der Waals surface area contributed by atoms with Crippen LogP contribution in [0, 0.1) is 29.6 Å². The normalized spacial score (nSPS) is 46.3. The summed E-state index contributed by atoms with van der Waals surface area (Å²) >= 11 is 0. The van der Waals surface area contributed by atoms with E-state index in [9.17, 15) is 5.11 Å². The Morgan fingerprint density at radius 1 is 1.44 bits per heavy atom. The van der Waals surface area contributed by atoms with E-state index in [-0.39, 0.29) is 6.10 Å². The molecule has 0 amide bonds. The van der Waals surface area contributed by atoms with E-state index in [1.165, 1.54) is 19.3 Å². The maximum atomic E-state index is 9.58. The molecular weight excluding hydrogens is 196 g/mol. The molecule has 0 radical (unpaired) electrons. The molecule has 0 aromatic heterocycles. The van der Waals surface area contributed by atoms with Crippen LogP contribution in [0.1, 0.15) is 33.1 Å². The molecule has 3 aliphatic rings. The first-order valence-electron chi connectivity index (χ1n) is 6.72. The highest BCUT2D eigenvalue weighted by Crippen LogP contribution is 2.58. The minimum atomic E-state index is -0.207. The summed E-state index contributed by atoms with van der Waals surface area (Å²) in [5.74, 6) is 3.88. The smallest absolute Gasteiger partial charge is 0.0572 e. The number of aliphatic hydroxyl groups is 1. The molecule has 88 valence electrons. The minimum absolute atomic E-state index is 0.207. The molecule has 0 aromatic rings. The van der Waals surface area contributed by atoms with E-state index in [4.69, 9.17) is 0 Å². The second-order valence-corrected chi connectivity index (χ2v) is 6.05. The highest BCUT2D eigenvalue weighted by Gasteiger charge is 2.49. The Morgan fingerprint density at radius 2 is 2.25 bits per heavy atom. The first-order valence-corrected chi connectivity index (χ1v) is 6.72. The molecule has 1 heteroatoms. The zero-order chi connectivity index (χ0) is 11.3. The molecule has 1 nitrogen and oxygen atoms in total. The van der Waals surface area contributed by atoms with Crippen LogP contribution < -0.4 is 0 Å². The van der Waals surface area contributed by atoms with Crippen LogP contribution >= 0.6 is 0 Å². The molecule has 6 atom stereocenters. The van der Waals surface area contributed by atoms with Crippen molar-refractivity contribution >= 4 is 0 Å². The summed E-state index contributed by atoms with van der Waals surface area (Å²) in [5, 5.41) is 9.58. The van der Waals surface area contributed by atoms with Gasteiger partial charge in [-0.2, -0.15) is 0 Å². The molecule has 2 fully saturated rings. The largest absolute Gasteiger partial charge is 0.393 e. The van der Waals surface area contributed by atoms with Gasteiger partial charge in [-0.25, -0.2) is 0 Å². The predicted octanol–water partition coefficient (Wildman–Crippen LogP) is 3.16. The SMILES string of the molecule is CC(O)C(C)/C=C1\C[C@@H]2C[C@H]1[C@H]1C=CC[C@@H]21. The maximum absolute atomic E-state index is 9.58. The third kappa shape index (κ3) is 1.48. The fraction of sp³-hybridized carbons (Fsp3) is 0.733. The molecule has 16 heavy (non-hydrogen) atoms. The van der Waals surface area contributed by atoms with E-state index < -0.39 is 0 Å². The summed E-state index contributed by atoms with van der Waals surface area (Å²) in [4.78, 5) is 0. The standard InChI is InChI=1S/C15H22O/c1-9(10(2)16)6-11-7-12-8-15(11)14-5-3-4-13(12)14/h3,5-6,9-10,12-16H,4,7-8H2,1-2H3/b11-6+/t9?,10?,12-,13+,14+,15-/m1/s1. The van der Waals surface area contributed by atoms with E-state index in [1.807, 2.05) is 6.92 Å². The van der Waals surface area contributed by atoms with Crippen molar-refractivity contribution in [2.45, 2.75) is 39.2 Å². The van der Waals surface area contributed by atoms with E-state index in [2.05, 4.69) is 25.2 Å². The molecule has 0 spiro atoms. The van der Waals surface area contributed by atoms with Gasteiger partial charge in [-0.3, -0.25) is 0 Å². The summed E-state index contributed by atoms with van der Waals surface area (Å²) in [5.41, 5.74) is 1.64.